The van der Waals surface area contributed by atoms with Gasteiger partial charge in [0, 0.05) is 12.7 Å². The summed E-state index contributed by atoms with van der Waals surface area (Å²) in [7, 11) is 0. The lowest BCUT2D eigenvalue weighted by Gasteiger charge is -2.08. The summed E-state index contributed by atoms with van der Waals surface area (Å²) < 4.78 is 1.59. The predicted molar refractivity (Wildman–Crippen MR) is 63.6 cm³/mol. The summed E-state index contributed by atoms with van der Waals surface area (Å²) in [6.45, 7) is 2.34. The highest BCUT2D eigenvalue weighted by Crippen LogP contribution is 2.13. The van der Waals surface area contributed by atoms with Gasteiger partial charge in [-0.3, -0.25) is 4.79 Å². The number of pyridine rings is 2. The predicted octanol–water partition coefficient (Wildman–Crippen LogP) is 1.77. The quantitative estimate of drug-likeness (QED) is 0.827. The van der Waals surface area contributed by atoms with Crippen LogP contribution in [0.4, 0.5) is 0 Å². The number of hydrogen-bond donors (Lipinski definition) is 1. The summed E-state index contributed by atoms with van der Waals surface area (Å²) in [5.74, 6) is -1.24. The van der Waals surface area contributed by atoms with E-state index < -0.39 is 11.4 Å². The van der Waals surface area contributed by atoms with Crippen LogP contribution >= 0.6 is 11.6 Å². The van der Waals surface area contributed by atoms with Crippen LogP contribution in [-0.2, 0) is 6.54 Å². The van der Waals surface area contributed by atoms with Gasteiger partial charge in [0.05, 0.1) is 5.39 Å². The molecule has 0 unspecified atom stereocenters. The van der Waals surface area contributed by atoms with E-state index in [-0.39, 0.29) is 16.1 Å². The third-order valence-corrected chi connectivity index (χ3v) is 2.67. The zero-order valence-electron chi connectivity index (χ0n) is 8.98. The third kappa shape index (κ3) is 1.89. The van der Waals surface area contributed by atoms with E-state index in [0.29, 0.717) is 12.2 Å². The Morgan fingerprint density at radius 1 is 1.53 bits per heavy atom. The average molecular weight is 253 g/mol. The highest BCUT2D eigenvalue weighted by atomic mass is 35.5. The summed E-state index contributed by atoms with van der Waals surface area (Å²) >= 11 is 5.76. The zero-order chi connectivity index (χ0) is 12.6. The molecule has 17 heavy (non-hydrogen) atoms. The molecule has 5 nitrogen and oxygen atoms in total. The van der Waals surface area contributed by atoms with E-state index in [4.69, 9.17) is 16.7 Å². The van der Waals surface area contributed by atoms with Crippen LogP contribution in [0.5, 0.6) is 0 Å². The van der Waals surface area contributed by atoms with Gasteiger partial charge in [-0.15, -0.1) is 0 Å². The maximum Gasteiger partial charge on any atom is 0.341 e. The fourth-order valence-electron chi connectivity index (χ4n) is 1.64. The van der Waals surface area contributed by atoms with E-state index in [9.17, 15) is 9.59 Å². The molecule has 0 amide bonds. The number of carboxylic acid groups (broad SMARTS) is 1. The number of aryl methyl sites for hydroxylation is 1. The van der Waals surface area contributed by atoms with Gasteiger partial charge < -0.3 is 9.67 Å². The Morgan fingerprint density at radius 3 is 2.82 bits per heavy atom. The molecule has 0 aliphatic carbocycles. The molecule has 2 rings (SSSR count). The summed E-state index contributed by atoms with van der Waals surface area (Å²) in [5.41, 5.74) is -0.403. The summed E-state index contributed by atoms with van der Waals surface area (Å²) in [4.78, 5) is 26.9. The minimum atomic E-state index is -1.24. The van der Waals surface area contributed by atoms with Gasteiger partial charge in [0.15, 0.2) is 0 Å². The first-order valence-corrected chi connectivity index (χ1v) is 5.35. The minimum Gasteiger partial charge on any atom is -0.477 e. The number of fused-ring (bicyclic) bond motifs is 1. The van der Waals surface area contributed by atoms with E-state index in [0.717, 1.165) is 0 Å². The fourth-order valence-corrected chi connectivity index (χ4v) is 1.78. The second-order valence-electron chi connectivity index (χ2n) is 3.47. The van der Waals surface area contributed by atoms with Crippen molar-refractivity contribution in [1.29, 1.82) is 0 Å². The first-order valence-electron chi connectivity index (χ1n) is 4.97. The van der Waals surface area contributed by atoms with E-state index in [1.807, 2.05) is 6.92 Å². The van der Waals surface area contributed by atoms with Crippen LogP contribution in [0.1, 0.15) is 17.3 Å². The molecule has 0 bridgehead atoms. The SMILES string of the molecule is CCn1cc(C(=O)O)c(=O)c2ccc(Cl)nc21. The van der Waals surface area contributed by atoms with Crippen molar-refractivity contribution in [2.75, 3.05) is 0 Å². The van der Waals surface area contributed by atoms with Crippen molar-refractivity contribution >= 4 is 28.6 Å². The van der Waals surface area contributed by atoms with Crippen LogP contribution in [0.15, 0.2) is 23.1 Å². The number of aromatic carboxylic acids is 1. The average Bonchev–Trinajstić information content (AvgIpc) is 2.29. The zero-order valence-corrected chi connectivity index (χ0v) is 9.73. The Kier molecular flexibility index (Phi) is 2.85. The van der Waals surface area contributed by atoms with Crippen LogP contribution < -0.4 is 5.43 Å². The molecule has 2 aromatic rings. The van der Waals surface area contributed by atoms with Crippen molar-refractivity contribution in [3.05, 3.63) is 39.3 Å². The van der Waals surface area contributed by atoms with Gasteiger partial charge in [-0.2, -0.15) is 0 Å². The lowest BCUT2D eigenvalue weighted by Crippen LogP contribution is -2.19. The summed E-state index contributed by atoms with van der Waals surface area (Å²) in [6, 6.07) is 2.96. The molecule has 0 aliphatic rings. The Bertz CT molecular complexity index is 664. The van der Waals surface area contributed by atoms with Crippen molar-refractivity contribution in [3.8, 4) is 0 Å². The third-order valence-electron chi connectivity index (χ3n) is 2.46. The fraction of sp³-hybridized carbons (Fsp3) is 0.182. The van der Waals surface area contributed by atoms with Gasteiger partial charge in [0.25, 0.3) is 0 Å². The molecule has 2 aromatic heterocycles. The Balaban J connectivity index is 2.95. The normalized spacial score (nSPS) is 10.7. The molecule has 0 aliphatic heterocycles. The lowest BCUT2D eigenvalue weighted by molar-refractivity contribution is 0.0695. The molecule has 0 fully saturated rings. The van der Waals surface area contributed by atoms with E-state index in [1.54, 1.807) is 4.57 Å². The van der Waals surface area contributed by atoms with Gasteiger partial charge >= 0.3 is 5.97 Å². The number of halogens is 1. The van der Waals surface area contributed by atoms with Gasteiger partial charge in [-0.05, 0) is 19.1 Å². The molecule has 0 saturated carbocycles. The minimum absolute atomic E-state index is 0.260. The van der Waals surface area contributed by atoms with Crippen LogP contribution in [0.3, 0.4) is 0 Å². The second-order valence-corrected chi connectivity index (χ2v) is 3.86. The largest absolute Gasteiger partial charge is 0.477 e. The van der Waals surface area contributed by atoms with Crippen molar-refractivity contribution in [2.24, 2.45) is 0 Å². The topological polar surface area (TPSA) is 72.2 Å². The van der Waals surface area contributed by atoms with Crippen molar-refractivity contribution < 1.29 is 9.90 Å². The summed E-state index contributed by atoms with van der Waals surface area (Å²) in [6.07, 6.45) is 1.29. The number of aromatic nitrogens is 2. The number of rotatable bonds is 2. The second kappa shape index (κ2) is 4.18. The molecule has 88 valence electrons. The van der Waals surface area contributed by atoms with E-state index in [2.05, 4.69) is 4.98 Å². The molecular formula is C11H9ClN2O3. The number of hydrogen-bond acceptors (Lipinski definition) is 3. The van der Waals surface area contributed by atoms with Crippen LogP contribution in [-0.4, -0.2) is 20.6 Å². The standard InChI is InChI=1S/C11H9ClN2O3/c1-2-14-5-7(11(16)17)9(15)6-3-4-8(12)13-10(6)14/h3-5H,2H2,1H3,(H,16,17). The number of carbonyl (C=O) groups is 1. The van der Waals surface area contributed by atoms with Gasteiger partial charge in [0.2, 0.25) is 5.43 Å². The highest BCUT2D eigenvalue weighted by Gasteiger charge is 2.14. The van der Waals surface area contributed by atoms with Crippen molar-refractivity contribution in [2.45, 2.75) is 13.5 Å². The molecular weight excluding hydrogens is 244 g/mol. The molecule has 0 aromatic carbocycles. The Morgan fingerprint density at radius 2 is 2.24 bits per heavy atom. The maximum atomic E-state index is 11.9. The smallest absolute Gasteiger partial charge is 0.341 e. The number of nitrogens with zero attached hydrogens (tertiary/aromatic N) is 2. The molecule has 2 heterocycles. The van der Waals surface area contributed by atoms with Crippen molar-refractivity contribution in [3.63, 3.8) is 0 Å². The molecule has 0 atom stereocenters. The van der Waals surface area contributed by atoms with Gasteiger partial charge in [0.1, 0.15) is 16.4 Å². The number of carboxylic acids is 1. The van der Waals surface area contributed by atoms with Gasteiger partial charge in [-0.25, -0.2) is 9.78 Å². The van der Waals surface area contributed by atoms with E-state index in [1.165, 1.54) is 18.3 Å². The molecule has 1 N–H and O–H groups in total. The maximum absolute atomic E-state index is 11.9. The van der Waals surface area contributed by atoms with Gasteiger partial charge in [-0.1, -0.05) is 11.6 Å². The Hall–Kier alpha value is -1.88. The van der Waals surface area contributed by atoms with E-state index >= 15 is 0 Å². The monoisotopic (exact) mass is 252 g/mol. The summed E-state index contributed by atoms with van der Waals surface area (Å²) in [5, 5.41) is 9.47. The molecule has 6 heteroatoms. The van der Waals surface area contributed by atoms with Crippen LogP contribution in [0.25, 0.3) is 11.0 Å². The highest BCUT2D eigenvalue weighted by molar-refractivity contribution is 6.29. The van der Waals surface area contributed by atoms with Crippen LogP contribution in [0.2, 0.25) is 5.15 Å². The lowest BCUT2D eigenvalue weighted by atomic mass is 10.2. The molecule has 0 radical (unpaired) electrons. The van der Waals surface area contributed by atoms with Crippen LogP contribution in [0, 0.1) is 0 Å². The first-order chi connectivity index (χ1) is 8.04. The first kappa shape index (κ1) is 11.6. The van der Waals surface area contributed by atoms with Crippen molar-refractivity contribution in [1.82, 2.24) is 9.55 Å². The molecule has 0 saturated heterocycles. The Labute approximate surface area is 101 Å². The molecule has 0 spiro atoms.